The van der Waals surface area contributed by atoms with Crippen LogP contribution in [0.1, 0.15) is 10.4 Å². The summed E-state index contributed by atoms with van der Waals surface area (Å²) in [7, 11) is 0. The number of aromatic nitrogens is 3. The third-order valence-electron chi connectivity index (χ3n) is 2.39. The van der Waals surface area contributed by atoms with Crippen molar-refractivity contribution in [3.63, 3.8) is 0 Å². The van der Waals surface area contributed by atoms with Crippen molar-refractivity contribution in [2.24, 2.45) is 0 Å². The number of aromatic carboxylic acids is 1. The third-order valence-corrected chi connectivity index (χ3v) is 4.37. The molecule has 0 radical (unpaired) electrons. The molecule has 0 bridgehead atoms. The summed E-state index contributed by atoms with van der Waals surface area (Å²) in [5.74, 6) is -0.965. The summed E-state index contributed by atoms with van der Waals surface area (Å²) in [5.41, 5.74) is 1.10. The van der Waals surface area contributed by atoms with Gasteiger partial charge >= 0.3 is 5.97 Å². The summed E-state index contributed by atoms with van der Waals surface area (Å²) >= 11 is 2.89. The van der Waals surface area contributed by atoms with Crippen LogP contribution >= 0.6 is 23.1 Å². The average Bonchev–Trinajstić information content (AvgIpc) is 2.88. The highest BCUT2D eigenvalue weighted by molar-refractivity contribution is 7.99. The summed E-state index contributed by atoms with van der Waals surface area (Å²) in [6.45, 7) is 0. The lowest BCUT2D eigenvalue weighted by atomic mass is 10.3. The molecular formula is C12H7N3O2S2. The van der Waals surface area contributed by atoms with E-state index in [2.05, 4.69) is 15.0 Å². The van der Waals surface area contributed by atoms with E-state index >= 15 is 0 Å². The van der Waals surface area contributed by atoms with Crippen molar-refractivity contribution >= 4 is 39.3 Å². The van der Waals surface area contributed by atoms with Crippen LogP contribution in [-0.2, 0) is 0 Å². The molecule has 3 rings (SSSR count). The monoisotopic (exact) mass is 289 g/mol. The highest BCUT2D eigenvalue weighted by Crippen LogP contribution is 2.32. The summed E-state index contributed by atoms with van der Waals surface area (Å²) in [6.07, 6.45) is 2.98. The minimum atomic E-state index is -0.965. The Morgan fingerprint density at radius 3 is 3.00 bits per heavy atom. The molecule has 0 spiro atoms. The Bertz CT molecular complexity index is 757. The molecule has 0 aliphatic rings. The number of carboxylic acid groups (broad SMARTS) is 1. The first-order valence-corrected chi connectivity index (χ1v) is 6.99. The van der Waals surface area contributed by atoms with Gasteiger partial charge in [0.15, 0.2) is 0 Å². The number of carboxylic acids is 1. The smallest absolute Gasteiger partial charge is 0.335 e. The fourth-order valence-electron chi connectivity index (χ4n) is 1.54. The first kappa shape index (κ1) is 12.1. The van der Waals surface area contributed by atoms with Crippen LogP contribution in [0.25, 0.3) is 10.2 Å². The predicted octanol–water partition coefficient (Wildman–Crippen LogP) is 2.94. The van der Waals surface area contributed by atoms with Crippen molar-refractivity contribution in [1.82, 2.24) is 15.0 Å². The van der Waals surface area contributed by atoms with Crippen LogP contribution in [0.4, 0.5) is 0 Å². The molecule has 0 unspecified atom stereocenters. The Hall–Kier alpha value is -1.99. The Labute approximate surface area is 116 Å². The van der Waals surface area contributed by atoms with Gasteiger partial charge in [0.05, 0.1) is 15.8 Å². The third kappa shape index (κ3) is 2.42. The van der Waals surface area contributed by atoms with Gasteiger partial charge in [-0.2, -0.15) is 0 Å². The number of hydrogen-bond donors (Lipinski definition) is 1. The quantitative estimate of drug-likeness (QED) is 0.747. The van der Waals surface area contributed by atoms with Crippen molar-refractivity contribution < 1.29 is 9.90 Å². The van der Waals surface area contributed by atoms with Crippen molar-refractivity contribution in [2.45, 2.75) is 10.1 Å². The lowest BCUT2D eigenvalue weighted by Gasteiger charge is -2.02. The molecule has 3 aromatic rings. The average molecular weight is 289 g/mol. The van der Waals surface area contributed by atoms with Crippen LogP contribution in [0.5, 0.6) is 0 Å². The van der Waals surface area contributed by atoms with Crippen LogP contribution in [0.2, 0.25) is 0 Å². The molecule has 0 amide bonds. The SMILES string of the molecule is O=C(O)c1ccnc(Sc2ncnc3ccsc23)c1. The number of hydrogen-bond acceptors (Lipinski definition) is 6. The maximum Gasteiger partial charge on any atom is 0.335 e. The molecule has 3 aromatic heterocycles. The lowest BCUT2D eigenvalue weighted by Crippen LogP contribution is -1.96. The zero-order valence-electron chi connectivity index (χ0n) is 9.48. The van der Waals surface area contributed by atoms with Gasteiger partial charge in [-0.05, 0) is 35.3 Å². The van der Waals surface area contributed by atoms with Gasteiger partial charge in [-0.3, -0.25) is 0 Å². The molecule has 0 atom stereocenters. The molecule has 3 heterocycles. The van der Waals surface area contributed by atoms with Crippen LogP contribution in [0, 0.1) is 0 Å². The highest BCUT2D eigenvalue weighted by atomic mass is 32.2. The van der Waals surface area contributed by atoms with Crippen molar-refractivity contribution in [3.8, 4) is 0 Å². The van der Waals surface area contributed by atoms with E-state index in [9.17, 15) is 4.79 Å². The minimum absolute atomic E-state index is 0.217. The largest absolute Gasteiger partial charge is 0.478 e. The fourth-order valence-corrected chi connectivity index (χ4v) is 3.33. The zero-order valence-corrected chi connectivity index (χ0v) is 11.1. The second-order valence-corrected chi connectivity index (χ2v) is 5.53. The number of fused-ring (bicyclic) bond motifs is 1. The molecule has 0 saturated carbocycles. The molecule has 0 aliphatic heterocycles. The predicted molar refractivity (Wildman–Crippen MR) is 72.7 cm³/mol. The van der Waals surface area contributed by atoms with Crippen LogP contribution in [0.15, 0.2) is 46.2 Å². The Morgan fingerprint density at radius 2 is 2.16 bits per heavy atom. The van der Waals surface area contributed by atoms with Crippen LogP contribution < -0.4 is 0 Å². The molecular weight excluding hydrogens is 282 g/mol. The van der Waals surface area contributed by atoms with Gasteiger partial charge in [0.1, 0.15) is 16.4 Å². The van der Waals surface area contributed by atoms with Crippen molar-refractivity contribution in [1.29, 1.82) is 0 Å². The van der Waals surface area contributed by atoms with E-state index in [4.69, 9.17) is 5.11 Å². The first-order chi connectivity index (χ1) is 9.24. The lowest BCUT2D eigenvalue weighted by molar-refractivity contribution is 0.0696. The van der Waals surface area contributed by atoms with Crippen molar-refractivity contribution in [2.75, 3.05) is 0 Å². The van der Waals surface area contributed by atoms with Gasteiger partial charge < -0.3 is 5.11 Å². The molecule has 0 aromatic carbocycles. The van der Waals surface area contributed by atoms with E-state index in [1.165, 1.54) is 36.4 Å². The fraction of sp³-hybridized carbons (Fsp3) is 0. The molecule has 1 N–H and O–H groups in total. The standard InChI is InChI=1S/C12H7N3O2S2/c16-12(17)7-1-3-13-9(5-7)19-11-10-8(2-4-18-10)14-6-15-11/h1-6H,(H,16,17). The Kier molecular flexibility index (Phi) is 3.14. The number of nitrogens with zero attached hydrogens (tertiary/aromatic N) is 3. The second-order valence-electron chi connectivity index (χ2n) is 3.60. The Morgan fingerprint density at radius 1 is 1.26 bits per heavy atom. The highest BCUT2D eigenvalue weighted by Gasteiger charge is 2.10. The maximum absolute atomic E-state index is 10.9. The second kappa shape index (κ2) is 4.94. The molecule has 19 heavy (non-hydrogen) atoms. The summed E-state index contributed by atoms with van der Waals surface area (Å²) < 4.78 is 0.982. The summed E-state index contributed by atoms with van der Waals surface area (Å²) in [5, 5.41) is 12.3. The molecule has 7 heteroatoms. The number of rotatable bonds is 3. The topological polar surface area (TPSA) is 76.0 Å². The molecule has 0 fully saturated rings. The van der Waals surface area contributed by atoms with Crippen LogP contribution in [-0.4, -0.2) is 26.0 Å². The Balaban J connectivity index is 1.99. The van der Waals surface area contributed by atoms with Crippen LogP contribution in [0.3, 0.4) is 0 Å². The number of carbonyl (C=O) groups is 1. The number of pyridine rings is 1. The van der Waals surface area contributed by atoms with Gasteiger partial charge in [0.2, 0.25) is 0 Å². The van der Waals surface area contributed by atoms with Crippen molar-refractivity contribution in [3.05, 3.63) is 41.7 Å². The van der Waals surface area contributed by atoms with E-state index in [0.717, 1.165) is 15.2 Å². The zero-order chi connectivity index (χ0) is 13.2. The normalized spacial score (nSPS) is 10.7. The summed E-state index contributed by atoms with van der Waals surface area (Å²) in [6, 6.07) is 4.93. The van der Waals surface area contributed by atoms with Gasteiger partial charge in [0, 0.05) is 6.20 Å². The summed E-state index contributed by atoms with van der Waals surface area (Å²) in [4.78, 5) is 23.5. The van der Waals surface area contributed by atoms with E-state index in [-0.39, 0.29) is 5.56 Å². The molecule has 94 valence electrons. The van der Waals surface area contributed by atoms with E-state index in [1.54, 1.807) is 11.3 Å². The van der Waals surface area contributed by atoms with Gasteiger partial charge in [-0.15, -0.1) is 11.3 Å². The number of thiophene rings is 1. The van der Waals surface area contributed by atoms with Gasteiger partial charge in [-0.25, -0.2) is 19.7 Å². The molecule has 5 nitrogen and oxygen atoms in total. The first-order valence-electron chi connectivity index (χ1n) is 5.29. The van der Waals surface area contributed by atoms with E-state index in [0.29, 0.717) is 5.03 Å². The molecule has 0 saturated heterocycles. The van der Waals surface area contributed by atoms with E-state index in [1.807, 2.05) is 11.4 Å². The van der Waals surface area contributed by atoms with Gasteiger partial charge in [-0.1, -0.05) is 0 Å². The molecule has 0 aliphatic carbocycles. The minimum Gasteiger partial charge on any atom is -0.478 e. The van der Waals surface area contributed by atoms with Gasteiger partial charge in [0.25, 0.3) is 0 Å². The maximum atomic E-state index is 10.9. The van der Waals surface area contributed by atoms with E-state index < -0.39 is 5.97 Å².